The molecule has 0 saturated carbocycles. The molecule has 2 amide bonds. The number of rotatable bonds is 6. The van der Waals surface area contributed by atoms with E-state index in [4.69, 9.17) is 0 Å². The summed E-state index contributed by atoms with van der Waals surface area (Å²) in [5, 5.41) is 6.05. The van der Waals surface area contributed by atoms with Crippen LogP contribution in [-0.4, -0.2) is 30.9 Å². The van der Waals surface area contributed by atoms with Crippen LogP contribution < -0.4 is 15.5 Å². The lowest BCUT2D eigenvalue weighted by Gasteiger charge is -2.32. The second-order valence-electron chi connectivity index (χ2n) is 8.25. The van der Waals surface area contributed by atoms with Gasteiger partial charge in [-0.2, -0.15) is 0 Å². The summed E-state index contributed by atoms with van der Waals surface area (Å²) in [7, 11) is 0. The number of para-hydroxylation sites is 1. The number of benzene rings is 2. The van der Waals surface area contributed by atoms with Crippen LogP contribution in [0.2, 0.25) is 0 Å². The summed E-state index contributed by atoms with van der Waals surface area (Å²) >= 11 is 0. The molecule has 0 radical (unpaired) electrons. The van der Waals surface area contributed by atoms with Crippen molar-refractivity contribution in [3.63, 3.8) is 0 Å². The Kier molecular flexibility index (Phi) is 6.57. The predicted molar refractivity (Wildman–Crippen MR) is 119 cm³/mol. The van der Waals surface area contributed by atoms with Gasteiger partial charge in [-0.05, 0) is 61.9 Å². The number of fused-ring (bicyclic) bond motifs is 1. The van der Waals surface area contributed by atoms with Gasteiger partial charge in [0, 0.05) is 29.5 Å². The maximum absolute atomic E-state index is 12.8. The molecule has 0 aliphatic carbocycles. The summed E-state index contributed by atoms with van der Waals surface area (Å²) in [6, 6.07) is 13.8. The first-order chi connectivity index (χ1) is 13.9. The summed E-state index contributed by atoms with van der Waals surface area (Å²) in [6.07, 6.45) is 1.78. The van der Waals surface area contributed by atoms with E-state index in [1.165, 1.54) is 0 Å². The average molecular weight is 394 g/mol. The Bertz CT molecular complexity index is 889. The zero-order valence-corrected chi connectivity index (χ0v) is 17.8. The van der Waals surface area contributed by atoms with Crippen molar-refractivity contribution in [2.45, 2.75) is 52.5 Å². The molecule has 1 aliphatic rings. The van der Waals surface area contributed by atoms with Gasteiger partial charge in [0.1, 0.15) is 0 Å². The number of anilines is 2. The molecule has 2 aromatic carbocycles. The molecule has 0 saturated heterocycles. The van der Waals surface area contributed by atoms with E-state index in [1.807, 2.05) is 50.2 Å². The van der Waals surface area contributed by atoms with Crippen molar-refractivity contribution in [3.05, 3.63) is 59.2 Å². The molecule has 0 unspecified atom stereocenters. The molecule has 154 valence electrons. The molecule has 2 N–H and O–H groups in total. The SMILES string of the molecule is CC(C)NC(=O)c1cccc2c1CCCN2CC(=O)Nc1ccccc1C(C)C. The Hall–Kier alpha value is -2.82. The molecular weight excluding hydrogens is 362 g/mol. The van der Waals surface area contributed by atoms with E-state index in [-0.39, 0.29) is 24.4 Å². The highest BCUT2D eigenvalue weighted by Gasteiger charge is 2.24. The van der Waals surface area contributed by atoms with E-state index >= 15 is 0 Å². The third-order valence-electron chi connectivity index (χ3n) is 5.20. The van der Waals surface area contributed by atoms with E-state index in [2.05, 4.69) is 35.4 Å². The van der Waals surface area contributed by atoms with Gasteiger partial charge in [-0.25, -0.2) is 0 Å². The third-order valence-corrected chi connectivity index (χ3v) is 5.20. The Labute approximate surface area is 173 Å². The summed E-state index contributed by atoms with van der Waals surface area (Å²) < 4.78 is 0. The number of nitrogens with zero attached hydrogens (tertiary/aromatic N) is 1. The smallest absolute Gasteiger partial charge is 0.251 e. The lowest BCUT2D eigenvalue weighted by atomic mass is 9.95. The Morgan fingerprint density at radius 3 is 2.52 bits per heavy atom. The molecule has 2 aromatic rings. The number of carbonyl (C=O) groups excluding carboxylic acids is 2. The van der Waals surface area contributed by atoms with Crippen molar-refractivity contribution in [3.8, 4) is 0 Å². The van der Waals surface area contributed by atoms with Crippen LogP contribution in [-0.2, 0) is 11.2 Å². The fraction of sp³-hybridized carbons (Fsp3) is 0.417. The Balaban J connectivity index is 1.78. The van der Waals surface area contributed by atoms with Crippen LogP contribution in [0, 0.1) is 0 Å². The molecule has 0 fully saturated rings. The topological polar surface area (TPSA) is 61.4 Å². The highest BCUT2D eigenvalue weighted by molar-refractivity contribution is 5.98. The first kappa shape index (κ1) is 20.9. The lowest BCUT2D eigenvalue weighted by Crippen LogP contribution is -2.38. The number of hydrogen-bond donors (Lipinski definition) is 2. The highest BCUT2D eigenvalue weighted by Crippen LogP contribution is 2.30. The summed E-state index contributed by atoms with van der Waals surface area (Å²) in [5.74, 6) is 0.251. The number of hydrogen-bond acceptors (Lipinski definition) is 3. The van der Waals surface area contributed by atoms with Crippen LogP contribution in [0.5, 0.6) is 0 Å². The summed E-state index contributed by atoms with van der Waals surface area (Å²) in [4.78, 5) is 27.5. The molecule has 0 aromatic heterocycles. The molecule has 0 atom stereocenters. The Morgan fingerprint density at radius 2 is 1.79 bits per heavy atom. The quantitative estimate of drug-likeness (QED) is 0.767. The van der Waals surface area contributed by atoms with Crippen LogP contribution in [0.15, 0.2) is 42.5 Å². The normalized spacial score (nSPS) is 13.4. The second-order valence-corrected chi connectivity index (χ2v) is 8.25. The monoisotopic (exact) mass is 393 g/mol. The van der Waals surface area contributed by atoms with Gasteiger partial charge in [0.25, 0.3) is 5.91 Å². The summed E-state index contributed by atoms with van der Waals surface area (Å²) in [6.45, 7) is 9.24. The second kappa shape index (κ2) is 9.12. The highest BCUT2D eigenvalue weighted by atomic mass is 16.2. The van der Waals surface area contributed by atoms with Crippen LogP contribution >= 0.6 is 0 Å². The third kappa shape index (κ3) is 4.97. The standard InChI is InChI=1S/C24H31N3O2/c1-16(2)18-9-5-6-12-21(18)26-23(28)15-27-14-8-11-19-20(10-7-13-22(19)27)24(29)25-17(3)4/h5-7,9-10,12-13,16-17H,8,11,14-15H2,1-4H3,(H,25,29)(H,26,28). The molecule has 29 heavy (non-hydrogen) atoms. The van der Waals surface area contributed by atoms with Crippen LogP contribution in [0.1, 0.15) is 61.5 Å². The minimum Gasteiger partial charge on any atom is -0.362 e. The zero-order chi connectivity index (χ0) is 21.0. The van der Waals surface area contributed by atoms with Crippen molar-refractivity contribution < 1.29 is 9.59 Å². The fourth-order valence-corrected chi connectivity index (χ4v) is 3.90. The molecule has 5 heteroatoms. The van der Waals surface area contributed by atoms with E-state index in [9.17, 15) is 9.59 Å². The van der Waals surface area contributed by atoms with Gasteiger partial charge in [-0.3, -0.25) is 9.59 Å². The molecule has 0 bridgehead atoms. The molecular formula is C24H31N3O2. The first-order valence-electron chi connectivity index (χ1n) is 10.4. The summed E-state index contributed by atoms with van der Waals surface area (Å²) in [5.41, 5.74) is 4.74. The maximum Gasteiger partial charge on any atom is 0.251 e. The van der Waals surface area contributed by atoms with Crippen molar-refractivity contribution in [2.75, 3.05) is 23.3 Å². The van der Waals surface area contributed by atoms with Gasteiger partial charge >= 0.3 is 0 Å². The van der Waals surface area contributed by atoms with Crippen LogP contribution in [0.25, 0.3) is 0 Å². The van der Waals surface area contributed by atoms with Gasteiger partial charge < -0.3 is 15.5 Å². The van der Waals surface area contributed by atoms with Crippen molar-refractivity contribution in [1.82, 2.24) is 5.32 Å². The van der Waals surface area contributed by atoms with Crippen LogP contribution in [0.4, 0.5) is 11.4 Å². The average Bonchev–Trinajstić information content (AvgIpc) is 2.67. The molecule has 1 heterocycles. The van der Waals surface area contributed by atoms with E-state index in [0.29, 0.717) is 11.5 Å². The van der Waals surface area contributed by atoms with Crippen molar-refractivity contribution in [1.29, 1.82) is 0 Å². The van der Waals surface area contributed by atoms with Gasteiger partial charge in [0.15, 0.2) is 0 Å². The van der Waals surface area contributed by atoms with Crippen molar-refractivity contribution in [2.24, 2.45) is 0 Å². The first-order valence-corrected chi connectivity index (χ1v) is 10.4. The predicted octanol–water partition coefficient (Wildman–Crippen LogP) is 4.34. The minimum absolute atomic E-state index is 0.0389. The lowest BCUT2D eigenvalue weighted by molar-refractivity contribution is -0.115. The zero-order valence-electron chi connectivity index (χ0n) is 17.8. The molecule has 1 aliphatic heterocycles. The maximum atomic E-state index is 12.8. The van der Waals surface area contributed by atoms with E-state index in [0.717, 1.165) is 41.9 Å². The number of amides is 2. The van der Waals surface area contributed by atoms with Gasteiger partial charge in [-0.1, -0.05) is 38.1 Å². The fourth-order valence-electron chi connectivity index (χ4n) is 3.90. The minimum atomic E-state index is -0.0472. The van der Waals surface area contributed by atoms with E-state index in [1.54, 1.807) is 0 Å². The molecule has 3 rings (SSSR count). The number of nitrogens with one attached hydrogen (secondary N) is 2. The van der Waals surface area contributed by atoms with Crippen molar-refractivity contribution >= 4 is 23.2 Å². The Morgan fingerprint density at radius 1 is 1.03 bits per heavy atom. The largest absolute Gasteiger partial charge is 0.362 e. The molecule has 5 nitrogen and oxygen atoms in total. The molecule has 0 spiro atoms. The number of carbonyl (C=O) groups is 2. The van der Waals surface area contributed by atoms with Gasteiger partial charge in [0.2, 0.25) is 5.91 Å². The van der Waals surface area contributed by atoms with E-state index < -0.39 is 0 Å². The van der Waals surface area contributed by atoms with Gasteiger partial charge in [0.05, 0.1) is 6.54 Å². The van der Waals surface area contributed by atoms with Gasteiger partial charge in [-0.15, -0.1) is 0 Å². The van der Waals surface area contributed by atoms with Crippen LogP contribution in [0.3, 0.4) is 0 Å².